The summed E-state index contributed by atoms with van der Waals surface area (Å²) in [4.78, 5) is 26.3. The average Bonchev–Trinajstić information content (AvgIpc) is 2.38. The van der Waals surface area contributed by atoms with E-state index in [1.165, 1.54) is 9.80 Å². The van der Waals surface area contributed by atoms with Crippen LogP contribution in [-0.4, -0.2) is 42.1 Å². The van der Waals surface area contributed by atoms with Gasteiger partial charge in [0.05, 0.1) is 0 Å². The molecule has 0 radical (unpaired) electrons. The molecule has 1 saturated heterocycles. The van der Waals surface area contributed by atoms with Crippen LogP contribution in [0.15, 0.2) is 24.3 Å². The zero-order chi connectivity index (χ0) is 13.1. The molecule has 1 fully saturated rings. The van der Waals surface area contributed by atoms with Gasteiger partial charge in [-0.1, -0.05) is 12.1 Å². The van der Waals surface area contributed by atoms with Crippen molar-refractivity contribution < 1.29 is 14.8 Å². The fourth-order valence-corrected chi connectivity index (χ4v) is 1.86. The predicted octanol–water partition coefficient (Wildman–Crippen LogP) is -0.0296. The summed E-state index contributed by atoms with van der Waals surface area (Å²) >= 11 is 0. The van der Waals surface area contributed by atoms with Gasteiger partial charge in [0.2, 0.25) is 0 Å². The molecule has 0 atom stereocenters. The molecule has 2 amide bonds. The number of nitrogens with one attached hydrogen (secondary N) is 1. The van der Waals surface area contributed by atoms with E-state index in [1.807, 2.05) is 0 Å². The van der Waals surface area contributed by atoms with E-state index in [1.54, 1.807) is 31.3 Å². The van der Waals surface area contributed by atoms with Gasteiger partial charge in [-0.2, -0.15) is 0 Å². The van der Waals surface area contributed by atoms with Gasteiger partial charge >= 0.3 is 11.8 Å². The molecule has 1 heterocycles. The lowest BCUT2D eigenvalue weighted by Gasteiger charge is -2.31. The molecule has 2 N–H and O–H groups in total. The van der Waals surface area contributed by atoms with Crippen molar-refractivity contribution in [1.29, 1.82) is 0 Å². The van der Waals surface area contributed by atoms with E-state index >= 15 is 0 Å². The number of carbonyl (C=O) groups excluding carboxylic acids is 2. The normalized spacial score (nSPS) is 16.3. The highest BCUT2D eigenvalue weighted by atomic mass is 16.5. The SMILES string of the molecule is CN1CCN(c2ccc(CNO)cc2)C(=O)C1=O. The van der Waals surface area contributed by atoms with Gasteiger partial charge in [0.25, 0.3) is 0 Å². The van der Waals surface area contributed by atoms with Gasteiger partial charge < -0.3 is 15.0 Å². The molecule has 0 spiro atoms. The number of rotatable bonds is 3. The molecule has 18 heavy (non-hydrogen) atoms. The van der Waals surface area contributed by atoms with Crippen LogP contribution in [0.4, 0.5) is 5.69 Å². The quantitative estimate of drug-likeness (QED) is 0.583. The summed E-state index contributed by atoms with van der Waals surface area (Å²) in [7, 11) is 1.62. The minimum atomic E-state index is -0.503. The predicted molar refractivity (Wildman–Crippen MR) is 65.1 cm³/mol. The molecular formula is C12H15N3O3. The highest BCUT2D eigenvalue weighted by Crippen LogP contribution is 2.18. The topological polar surface area (TPSA) is 72.9 Å². The lowest BCUT2D eigenvalue weighted by atomic mass is 10.1. The number of carbonyl (C=O) groups is 2. The van der Waals surface area contributed by atoms with Crippen LogP contribution in [0.5, 0.6) is 0 Å². The van der Waals surface area contributed by atoms with Crippen LogP contribution in [0.2, 0.25) is 0 Å². The molecule has 6 heteroatoms. The molecule has 0 aromatic heterocycles. The number of nitrogens with zero attached hydrogens (tertiary/aromatic N) is 2. The fourth-order valence-electron chi connectivity index (χ4n) is 1.86. The monoisotopic (exact) mass is 249 g/mol. The van der Waals surface area contributed by atoms with Gasteiger partial charge in [0.15, 0.2) is 0 Å². The zero-order valence-corrected chi connectivity index (χ0v) is 10.1. The average molecular weight is 249 g/mol. The maximum atomic E-state index is 11.8. The van der Waals surface area contributed by atoms with Crippen LogP contribution >= 0.6 is 0 Å². The van der Waals surface area contributed by atoms with E-state index in [0.717, 1.165) is 5.56 Å². The number of amides is 2. The minimum Gasteiger partial charge on any atom is -0.336 e. The van der Waals surface area contributed by atoms with Crippen LogP contribution in [0.1, 0.15) is 5.56 Å². The Balaban J connectivity index is 2.16. The van der Waals surface area contributed by atoms with E-state index < -0.39 is 11.8 Å². The molecule has 0 bridgehead atoms. The minimum absolute atomic E-state index is 0.343. The molecule has 6 nitrogen and oxygen atoms in total. The summed E-state index contributed by atoms with van der Waals surface area (Å²) in [5.41, 5.74) is 3.66. The van der Waals surface area contributed by atoms with Crippen LogP contribution in [0, 0.1) is 0 Å². The zero-order valence-electron chi connectivity index (χ0n) is 10.1. The largest absolute Gasteiger partial charge is 0.336 e. The summed E-state index contributed by atoms with van der Waals surface area (Å²) in [6.45, 7) is 1.37. The Kier molecular flexibility index (Phi) is 3.59. The second-order valence-corrected chi connectivity index (χ2v) is 4.18. The van der Waals surface area contributed by atoms with Crippen molar-refractivity contribution >= 4 is 17.5 Å². The third-order valence-electron chi connectivity index (χ3n) is 2.97. The van der Waals surface area contributed by atoms with Gasteiger partial charge in [-0.15, -0.1) is 0 Å². The third kappa shape index (κ3) is 2.34. The summed E-state index contributed by atoms with van der Waals surface area (Å²) in [6, 6.07) is 7.13. The van der Waals surface area contributed by atoms with Gasteiger partial charge in [-0.25, -0.2) is 5.48 Å². The Morgan fingerprint density at radius 1 is 1.17 bits per heavy atom. The Hall–Kier alpha value is -1.92. The van der Waals surface area contributed by atoms with Gasteiger partial charge in [-0.3, -0.25) is 9.59 Å². The lowest BCUT2D eigenvalue weighted by Crippen LogP contribution is -2.53. The molecule has 1 aromatic carbocycles. The number of benzene rings is 1. The molecule has 1 aromatic rings. The van der Waals surface area contributed by atoms with E-state index in [0.29, 0.717) is 25.3 Å². The smallest absolute Gasteiger partial charge is 0.316 e. The number of hydrogen-bond acceptors (Lipinski definition) is 4. The van der Waals surface area contributed by atoms with E-state index in [-0.39, 0.29) is 0 Å². The van der Waals surface area contributed by atoms with Crippen LogP contribution in [0.3, 0.4) is 0 Å². The maximum Gasteiger partial charge on any atom is 0.316 e. The van der Waals surface area contributed by atoms with Crippen molar-refractivity contribution in [1.82, 2.24) is 10.4 Å². The number of hydrogen-bond donors (Lipinski definition) is 2. The summed E-state index contributed by atoms with van der Waals surface area (Å²) in [5.74, 6) is -0.987. The van der Waals surface area contributed by atoms with E-state index in [4.69, 9.17) is 5.21 Å². The van der Waals surface area contributed by atoms with Gasteiger partial charge in [0.1, 0.15) is 0 Å². The Morgan fingerprint density at radius 3 is 2.44 bits per heavy atom. The van der Waals surface area contributed by atoms with Gasteiger partial charge in [-0.05, 0) is 17.7 Å². The highest BCUT2D eigenvalue weighted by molar-refractivity contribution is 6.40. The van der Waals surface area contributed by atoms with E-state index in [9.17, 15) is 9.59 Å². The van der Waals surface area contributed by atoms with E-state index in [2.05, 4.69) is 5.48 Å². The highest BCUT2D eigenvalue weighted by Gasteiger charge is 2.30. The third-order valence-corrected chi connectivity index (χ3v) is 2.97. The first kappa shape index (κ1) is 12.5. The second-order valence-electron chi connectivity index (χ2n) is 4.18. The Morgan fingerprint density at radius 2 is 1.83 bits per heavy atom. The molecular weight excluding hydrogens is 234 g/mol. The summed E-state index contributed by atoms with van der Waals surface area (Å²) in [5, 5.41) is 8.58. The molecule has 1 aliphatic heterocycles. The van der Waals surface area contributed by atoms with Crippen LogP contribution in [0.25, 0.3) is 0 Å². The molecule has 1 aliphatic rings. The number of hydroxylamine groups is 1. The summed E-state index contributed by atoms with van der Waals surface area (Å²) < 4.78 is 0. The van der Waals surface area contributed by atoms with Crippen molar-refractivity contribution in [3.63, 3.8) is 0 Å². The first-order valence-electron chi connectivity index (χ1n) is 5.66. The van der Waals surface area contributed by atoms with Crippen molar-refractivity contribution in [2.24, 2.45) is 0 Å². The Labute approximate surface area is 105 Å². The van der Waals surface area contributed by atoms with Crippen molar-refractivity contribution in [3.05, 3.63) is 29.8 Å². The van der Waals surface area contributed by atoms with Crippen molar-refractivity contribution in [2.75, 3.05) is 25.0 Å². The maximum absolute atomic E-state index is 11.8. The second kappa shape index (κ2) is 5.16. The first-order chi connectivity index (χ1) is 8.63. The fraction of sp³-hybridized carbons (Fsp3) is 0.333. The molecule has 0 saturated carbocycles. The Bertz CT molecular complexity index is 458. The van der Waals surface area contributed by atoms with Crippen molar-refractivity contribution in [3.8, 4) is 0 Å². The standard InChI is InChI=1S/C12H15N3O3/c1-14-6-7-15(12(17)11(14)16)10-4-2-9(3-5-10)8-13-18/h2-5,13,18H,6-8H2,1H3. The summed E-state index contributed by atoms with van der Waals surface area (Å²) in [6.07, 6.45) is 0. The molecule has 0 unspecified atom stereocenters. The number of anilines is 1. The lowest BCUT2D eigenvalue weighted by molar-refractivity contribution is -0.145. The molecule has 96 valence electrons. The first-order valence-corrected chi connectivity index (χ1v) is 5.66. The number of piperazine rings is 1. The van der Waals surface area contributed by atoms with Crippen molar-refractivity contribution in [2.45, 2.75) is 6.54 Å². The molecule has 0 aliphatic carbocycles. The molecule has 2 rings (SSSR count). The van der Waals surface area contributed by atoms with Crippen LogP contribution < -0.4 is 10.4 Å². The van der Waals surface area contributed by atoms with Gasteiger partial charge in [0, 0.05) is 32.4 Å². The number of likely N-dealkylation sites (N-methyl/N-ethyl adjacent to an activating group) is 1. The van der Waals surface area contributed by atoms with Crippen LogP contribution in [-0.2, 0) is 16.1 Å².